The molecule has 18 heavy (non-hydrogen) atoms. The van der Waals surface area contributed by atoms with E-state index in [0.29, 0.717) is 0 Å². The molecule has 0 spiro atoms. The van der Waals surface area contributed by atoms with Gasteiger partial charge in [-0.3, -0.25) is 0 Å². The Kier molecular flexibility index (Phi) is 4.00. The summed E-state index contributed by atoms with van der Waals surface area (Å²) >= 11 is 1.43. The molecule has 2 aromatic rings. The summed E-state index contributed by atoms with van der Waals surface area (Å²) in [5.74, 6) is 0.911. The van der Waals surface area contributed by atoms with Gasteiger partial charge >= 0.3 is 0 Å². The molecule has 0 aliphatic heterocycles. The third-order valence-corrected chi connectivity index (χ3v) is 3.62. The van der Waals surface area contributed by atoms with E-state index in [1.807, 2.05) is 36.7 Å². The van der Waals surface area contributed by atoms with Crippen molar-refractivity contribution in [3.05, 3.63) is 41.7 Å². The lowest BCUT2D eigenvalue weighted by Gasteiger charge is -2.04. The van der Waals surface area contributed by atoms with Crippen molar-refractivity contribution in [3.8, 4) is 6.07 Å². The molecule has 0 aliphatic carbocycles. The van der Waals surface area contributed by atoms with Gasteiger partial charge in [0, 0.05) is 13.5 Å². The highest BCUT2D eigenvalue weighted by atomic mass is 32.2. The first-order chi connectivity index (χ1) is 8.70. The van der Waals surface area contributed by atoms with Gasteiger partial charge in [0.2, 0.25) is 0 Å². The molecule has 92 valence electrons. The van der Waals surface area contributed by atoms with E-state index in [0.717, 1.165) is 17.4 Å². The van der Waals surface area contributed by atoms with E-state index in [1.165, 1.54) is 17.3 Å². The summed E-state index contributed by atoms with van der Waals surface area (Å²) in [5, 5.41) is 17.8. The Labute approximate surface area is 111 Å². The Morgan fingerprint density at radius 2 is 2.06 bits per heavy atom. The maximum Gasteiger partial charge on any atom is 0.192 e. The summed E-state index contributed by atoms with van der Waals surface area (Å²) in [6.45, 7) is 1.86. The van der Waals surface area contributed by atoms with Gasteiger partial charge < -0.3 is 4.57 Å². The number of hydrogen-bond donors (Lipinski definition) is 0. The second-order valence-electron chi connectivity index (χ2n) is 4.01. The van der Waals surface area contributed by atoms with Gasteiger partial charge in [-0.1, -0.05) is 42.1 Å². The molecule has 4 nitrogen and oxygen atoms in total. The summed E-state index contributed by atoms with van der Waals surface area (Å²) < 4.78 is 1.95. The summed E-state index contributed by atoms with van der Waals surface area (Å²) in [6, 6.07) is 12.3. The van der Waals surface area contributed by atoms with Crippen molar-refractivity contribution in [3.63, 3.8) is 0 Å². The van der Waals surface area contributed by atoms with E-state index in [2.05, 4.69) is 28.4 Å². The molecule has 0 radical (unpaired) electrons. The fraction of sp³-hybridized carbons (Fsp3) is 0.308. The normalized spacial score (nSPS) is 12.1. The van der Waals surface area contributed by atoms with Gasteiger partial charge in [0.05, 0.1) is 11.3 Å². The van der Waals surface area contributed by atoms with Crippen LogP contribution in [0.15, 0.2) is 35.5 Å². The standard InChI is InChI=1S/C13H14N4S/c1-10(9-14)18-13-16-15-12(17(13)2)8-11-6-4-3-5-7-11/h3-7,10H,8H2,1-2H3/t10-/m1/s1. The molecule has 1 heterocycles. The van der Waals surface area contributed by atoms with Crippen molar-refractivity contribution < 1.29 is 0 Å². The monoisotopic (exact) mass is 258 g/mol. The molecular formula is C13H14N4S. The van der Waals surface area contributed by atoms with Crippen LogP contribution in [0.4, 0.5) is 0 Å². The first-order valence-corrected chi connectivity index (χ1v) is 6.57. The third kappa shape index (κ3) is 2.90. The van der Waals surface area contributed by atoms with Gasteiger partial charge in [-0.25, -0.2) is 0 Å². The van der Waals surface area contributed by atoms with E-state index < -0.39 is 0 Å². The van der Waals surface area contributed by atoms with Crippen molar-refractivity contribution in [1.82, 2.24) is 14.8 Å². The minimum atomic E-state index is -0.113. The minimum Gasteiger partial charge on any atom is -0.309 e. The van der Waals surface area contributed by atoms with Gasteiger partial charge in [0.1, 0.15) is 5.82 Å². The van der Waals surface area contributed by atoms with Crippen molar-refractivity contribution >= 4 is 11.8 Å². The molecule has 5 heteroatoms. The van der Waals surface area contributed by atoms with Crippen LogP contribution in [0.3, 0.4) is 0 Å². The first kappa shape index (κ1) is 12.7. The van der Waals surface area contributed by atoms with E-state index in [1.54, 1.807) is 0 Å². The molecular weight excluding hydrogens is 244 g/mol. The lowest BCUT2D eigenvalue weighted by molar-refractivity contribution is 0.748. The van der Waals surface area contributed by atoms with Crippen LogP contribution in [-0.2, 0) is 13.5 Å². The van der Waals surface area contributed by atoms with Crippen LogP contribution in [-0.4, -0.2) is 20.0 Å². The Hall–Kier alpha value is -1.80. The number of nitriles is 1. The maximum atomic E-state index is 8.80. The van der Waals surface area contributed by atoms with Crippen LogP contribution in [0.25, 0.3) is 0 Å². The molecule has 1 aromatic heterocycles. The van der Waals surface area contributed by atoms with Crippen LogP contribution in [0.1, 0.15) is 18.3 Å². The van der Waals surface area contributed by atoms with Gasteiger partial charge in [-0.15, -0.1) is 10.2 Å². The largest absolute Gasteiger partial charge is 0.309 e. The molecule has 0 saturated carbocycles. The molecule has 1 aromatic carbocycles. The zero-order chi connectivity index (χ0) is 13.0. The molecule has 0 aliphatic rings. The summed E-state index contributed by atoms with van der Waals surface area (Å²) in [7, 11) is 1.94. The van der Waals surface area contributed by atoms with E-state index in [9.17, 15) is 0 Å². The van der Waals surface area contributed by atoms with Crippen molar-refractivity contribution in [2.45, 2.75) is 23.8 Å². The van der Waals surface area contributed by atoms with Crippen LogP contribution < -0.4 is 0 Å². The average molecular weight is 258 g/mol. The predicted molar refractivity (Wildman–Crippen MR) is 71.2 cm³/mol. The average Bonchev–Trinajstić information content (AvgIpc) is 2.73. The molecule has 0 N–H and O–H groups in total. The minimum absolute atomic E-state index is 0.113. The zero-order valence-corrected chi connectivity index (χ0v) is 11.2. The Bertz CT molecular complexity index is 556. The van der Waals surface area contributed by atoms with Crippen LogP contribution in [0.5, 0.6) is 0 Å². The number of benzene rings is 1. The van der Waals surface area contributed by atoms with Gasteiger partial charge in [-0.05, 0) is 12.5 Å². The quantitative estimate of drug-likeness (QED) is 0.790. The summed E-state index contributed by atoms with van der Waals surface area (Å²) in [4.78, 5) is 0. The lowest BCUT2D eigenvalue weighted by Crippen LogP contribution is -2.01. The highest BCUT2D eigenvalue weighted by Crippen LogP contribution is 2.21. The number of thioether (sulfide) groups is 1. The zero-order valence-electron chi connectivity index (χ0n) is 10.4. The van der Waals surface area contributed by atoms with Crippen molar-refractivity contribution in [2.24, 2.45) is 7.05 Å². The van der Waals surface area contributed by atoms with E-state index in [4.69, 9.17) is 5.26 Å². The molecule has 2 rings (SSSR count). The van der Waals surface area contributed by atoms with Gasteiger partial charge in [-0.2, -0.15) is 5.26 Å². The van der Waals surface area contributed by atoms with Crippen molar-refractivity contribution in [2.75, 3.05) is 0 Å². The second kappa shape index (κ2) is 5.69. The number of aromatic nitrogens is 3. The van der Waals surface area contributed by atoms with Gasteiger partial charge in [0.25, 0.3) is 0 Å². The summed E-state index contributed by atoms with van der Waals surface area (Å²) in [5.41, 5.74) is 1.21. The number of rotatable bonds is 4. The Morgan fingerprint density at radius 1 is 1.33 bits per heavy atom. The molecule has 0 saturated heterocycles. The van der Waals surface area contributed by atoms with E-state index in [-0.39, 0.29) is 5.25 Å². The number of nitrogens with zero attached hydrogens (tertiary/aromatic N) is 4. The lowest BCUT2D eigenvalue weighted by atomic mass is 10.1. The van der Waals surface area contributed by atoms with Crippen LogP contribution in [0.2, 0.25) is 0 Å². The van der Waals surface area contributed by atoms with Gasteiger partial charge in [0.15, 0.2) is 5.16 Å². The van der Waals surface area contributed by atoms with Crippen molar-refractivity contribution in [1.29, 1.82) is 5.26 Å². The fourth-order valence-corrected chi connectivity index (χ4v) is 2.28. The third-order valence-electron chi connectivity index (χ3n) is 2.59. The molecule has 0 unspecified atom stereocenters. The molecule has 0 fully saturated rings. The maximum absolute atomic E-state index is 8.80. The van der Waals surface area contributed by atoms with Crippen LogP contribution in [0, 0.1) is 11.3 Å². The fourth-order valence-electron chi connectivity index (χ4n) is 1.56. The highest BCUT2D eigenvalue weighted by Gasteiger charge is 2.12. The Morgan fingerprint density at radius 3 is 2.72 bits per heavy atom. The van der Waals surface area contributed by atoms with E-state index >= 15 is 0 Å². The first-order valence-electron chi connectivity index (χ1n) is 5.69. The molecule has 1 atom stereocenters. The second-order valence-corrected chi connectivity index (χ2v) is 5.32. The summed E-state index contributed by atoms with van der Waals surface area (Å²) in [6.07, 6.45) is 0.756. The smallest absolute Gasteiger partial charge is 0.192 e. The number of hydrogen-bond acceptors (Lipinski definition) is 4. The molecule has 0 bridgehead atoms. The topological polar surface area (TPSA) is 54.5 Å². The van der Waals surface area contributed by atoms with Crippen LogP contribution >= 0.6 is 11.8 Å². The highest BCUT2D eigenvalue weighted by molar-refractivity contribution is 8.00. The molecule has 0 amide bonds. The SMILES string of the molecule is C[C@H](C#N)Sc1nnc(Cc2ccccc2)n1C. The Balaban J connectivity index is 2.14. The predicted octanol–water partition coefficient (Wildman–Crippen LogP) is 2.41.